The highest BCUT2D eigenvalue weighted by Crippen LogP contribution is 2.05. The van der Waals surface area contributed by atoms with Gasteiger partial charge < -0.3 is 49.1 Å². The van der Waals surface area contributed by atoms with Crippen LogP contribution in [-0.2, 0) is 30.4 Å². The molecule has 1 aromatic rings. The van der Waals surface area contributed by atoms with Gasteiger partial charge in [-0.05, 0) is 31.7 Å². The SMILES string of the molecule is CC(O)C(NC(=O)C(CC(N)=O)NC(=O)C(N)Cc1ccccc1)C(=O)NC(CCCN=C(N)N)C(=O)O. The lowest BCUT2D eigenvalue weighted by Gasteiger charge is -2.26. The molecule has 0 aliphatic rings. The summed E-state index contributed by atoms with van der Waals surface area (Å²) in [7, 11) is 0. The number of hydrogen-bond donors (Lipinski definition) is 9. The number of primary amides is 1. The van der Waals surface area contributed by atoms with Crippen molar-refractivity contribution in [2.75, 3.05) is 6.54 Å². The molecule has 5 atom stereocenters. The van der Waals surface area contributed by atoms with E-state index in [9.17, 15) is 34.2 Å². The van der Waals surface area contributed by atoms with Crippen molar-refractivity contribution in [3.05, 3.63) is 35.9 Å². The third-order valence-corrected chi connectivity index (χ3v) is 5.30. The molecule has 0 heterocycles. The number of aliphatic hydroxyl groups excluding tert-OH is 1. The molecular formula is C23H36N8O7. The van der Waals surface area contributed by atoms with Crippen molar-refractivity contribution in [3.63, 3.8) is 0 Å². The van der Waals surface area contributed by atoms with E-state index in [2.05, 4.69) is 20.9 Å². The first kappa shape index (κ1) is 31.8. The van der Waals surface area contributed by atoms with E-state index in [0.29, 0.717) is 0 Å². The average molecular weight is 537 g/mol. The number of carboxylic acids is 1. The molecule has 0 aliphatic carbocycles. The molecule has 210 valence electrons. The summed E-state index contributed by atoms with van der Waals surface area (Å²) in [6.07, 6.45) is -1.77. The van der Waals surface area contributed by atoms with E-state index in [1.807, 2.05) is 0 Å². The maximum absolute atomic E-state index is 12.9. The molecule has 0 aromatic heterocycles. The largest absolute Gasteiger partial charge is 0.480 e. The number of amides is 4. The first-order valence-corrected chi connectivity index (χ1v) is 11.8. The number of benzene rings is 1. The minimum absolute atomic E-state index is 0.0437. The van der Waals surface area contributed by atoms with Crippen LogP contribution in [0.3, 0.4) is 0 Å². The second kappa shape index (κ2) is 15.8. The molecule has 0 saturated heterocycles. The number of nitrogens with zero attached hydrogens (tertiary/aromatic N) is 1. The molecule has 4 amide bonds. The third kappa shape index (κ3) is 11.7. The van der Waals surface area contributed by atoms with Crippen LogP contribution < -0.4 is 38.9 Å². The van der Waals surface area contributed by atoms with Crippen LogP contribution in [0.15, 0.2) is 35.3 Å². The van der Waals surface area contributed by atoms with Crippen LogP contribution in [0.1, 0.15) is 31.7 Å². The third-order valence-electron chi connectivity index (χ3n) is 5.30. The molecular weight excluding hydrogens is 500 g/mol. The number of aliphatic hydroxyl groups is 1. The Morgan fingerprint density at radius 2 is 1.53 bits per heavy atom. The number of carbonyl (C=O) groups is 5. The van der Waals surface area contributed by atoms with Crippen LogP contribution in [0.5, 0.6) is 0 Å². The Morgan fingerprint density at radius 3 is 2.05 bits per heavy atom. The van der Waals surface area contributed by atoms with Gasteiger partial charge >= 0.3 is 5.97 Å². The van der Waals surface area contributed by atoms with Crippen LogP contribution in [0, 0.1) is 0 Å². The monoisotopic (exact) mass is 536 g/mol. The number of hydrogen-bond acceptors (Lipinski definition) is 8. The van der Waals surface area contributed by atoms with Gasteiger partial charge in [-0.2, -0.15) is 0 Å². The molecule has 1 aromatic carbocycles. The molecule has 0 fully saturated rings. The number of carboxylic acid groups (broad SMARTS) is 1. The zero-order valence-electron chi connectivity index (χ0n) is 21.0. The molecule has 13 N–H and O–H groups in total. The van der Waals surface area contributed by atoms with Gasteiger partial charge in [-0.3, -0.25) is 24.2 Å². The van der Waals surface area contributed by atoms with Crippen molar-refractivity contribution >= 4 is 35.6 Å². The fraction of sp³-hybridized carbons (Fsp3) is 0.478. The molecule has 38 heavy (non-hydrogen) atoms. The minimum Gasteiger partial charge on any atom is -0.480 e. The van der Waals surface area contributed by atoms with Gasteiger partial charge in [0.25, 0.3) is 0 Å². The standard InChI is InChI=1S/C23H36N8O7/c1-12(32)18(21(36)29-15(22(37)38)8-5-9-28-23(26)27)31-20(35)16(11-17(25)33)30-19(34)14(24)10-13-6-3-2-4-7-13/h2-4,6-7,12,14-16,18,32H,5,8-11,24H2,1H3,(H2,25,33)(H,29,36)(H,30,34)(H,31,35)(H,37,38)(H4,26,27,28). The summed E-state index contributed by atoms with van der Waals surface area (Å²) in [6.45, 7) is 1.32. The van der Waals surface area contributed by atoms with E-state index in [-0.39, 0.29) is 31.8 Å². The van der Waals surface area contributed by atoms with Crippen LogP contribution in [-0.4, -0.2) is 82.6 Å². The highest BCUT2D eigenvalue weighted by Gasteiger charge is 2.33. The quantitative estimate of drug-likeness (QED) is 0.0568. The van der Waals surface area contributed by atoms with Crippen LogP contribution in [0.2, 0.25) is 0 Å². The lowest BCUT2D eigenvalue weighted by atomic mass is 10.0. The van der Waals surface area contributed by atoms with E-state index in [0.717, 1.165) is 5.56 Å². The fourth-order valence-electron chi connectivity index (χ4n) is 3.33. The zero-order valence-corrected chi connectivity index (χ0v) is 21.0. The molecule has 15 nitrogen and oxygen atoms in total. The van der Waals surface area contributed by atoms with Crippen molar-refractivity contribution in [2.24, 2.45) is 27.9 Å². The second-order valence-electron chi connectivity index (χ2n) is 8.60. The summed E-state index contributed by atoms with van der Waals surface area (Å²) < 4.78 is 0. The molecule has 5 unspecified atom stereocenters. The van der Waals surface area contributed by atoms with Crippen molar-refractivity contribution in [1.29, 1.82) is 0 Å². The molecule has 1 rings (SSSR count). The molecule has 0 spiro atoms. The molecule has 0 radical (unpaired) electrons. The Labute approximate surface area is 219 Å². The Bertz CT molecular complexity index is 999. The van der Waals surface area contributed by atoms with Crippen molar-refractivity contribution < 1.29 is 34.2 Å². The van der Waals surface area contributed by atoms with Crippen molar-refractivity contribution in [3.8, 4) is 0 Å². The molecule has 0 bridgehead atoms. The predicted molar refractivity (Wildman–Crippen MR) is 137 cm³/mol. The van der Waals surface area contributed by atoms with Gasteiger partial charge in [0.2, 0.25) is 23.6 Å². The van der Waals surface area contributed by atoms with Gasteiger partial charge in [0.15, 0.2) is 5.96 Å². The van der Waals surface area contributed by atoms with E-state index in [1.165, 1.54) is 6.92 Å². The van der Waals surface area contributed by atoms with E-state index < -0.39 is 66.3 Å². The van der Waals surface area contributed by atoms with Crippen LogP contribution in [0.4, 0.5) is 0 Å². The normalized spacial score (nSPS) is 14.6. The Morgan fingerprint density at radius 1 is 0.921 bits per heavy atom. The lowest BCUT2D eigenvalue weighted by molar-refractivity contribution is -0.143. The summed E-state index contributed by atoms with van der Waals surface area (Å²) >= 11 is 0. The van der Waals surface area contributed by atoms with Gasteiger partial charge in [-0.25, -0.2) is 4.79 Å². The molecule has 0 aliphatic heterocycles. The van der Waals surface area contributed by atoms with Crippen molar-refractivity contribution in [1.82, 2.24) is 16.0 Å². The Kier molecular flexibility index (Phi) is 13.2. The maximum atomic E-state index is 12.9. The summed E-state index contributed by atoms with van der Waals surface area (Å²) in [5.41, 5.74) is 22.3. The number of aliphatic imine (C=N–C) groups is 1. The van der Waals surface area contributed by atoms with Gasteiger partial charge in [0, 0.05) is 6.54 Å². The topological polar surface area (TPSA) is 278 Å². The molecule has 15 heteroatoms. The lowest BCUT2D eigenvalue weighted by Crippen LogP contribution is -2.60. The number of rotatable bonds is 16. The Hall–Kier alpha value is -4.24. The predicted octanol–water partition coefficient (Wildman–Crippen LogP) is -3.59. The number of aliphatic carboxylic acids is 1. The van der Waals surface area contributed by atoms with Crippen LogP contribution >= 0.6 is 0 Å². The highest BCUT2D eigenvalue weighted by atomic mass is 16.4. The fourth-order valence-corrected chi connectivity index (χ4v) is 3.33. The Balaban J connectivity index is 2.89. The van der Waals surface area contributed by atoms with E-state index in [4.69, 9.17) is 22.9 Å². The van der Waals surface area contributed by atoms with E-state index >= 15 is 0 Å². The molecule has 0 saturated carbocycles. The summed E-state index contributed by atoms with van der Waals surface area (Å²) in [6, 6.07) is 3.29. The number of nitrogens with two attached hydrogens (primary N) is 4. The van der Waals surface area contributed by atoms with Gasteiger partial charge in [-0.15, -0.1) is 0 Å². The smallest absolute Gasteiger partial charge is 0.326 e. The summed E-state index contributed by atoms with van der Waals surface area (Å²) in [4.78, 5) is 65.1. The van der Waals surface area contributed by atoms with Gasteiger partial charge in [0.05, 0.1) is 18.6 Å². The van der Waals surface area contributed by atoms with Gasteiger partial charge in [-0.1, -0.05) is 30.3 Å². The van der Waals surface area contributed by atoms with E-state index in [1.54, 1.807) is 30.3 Å². The first-order chi connectivity index (χ1) is 17.8. The summed E-state index contributed by atoms with van der Waals surface area (Å²) in [5.74, 6) is -5.22. The van der Waals surface area contributed by atoms with Crippen molar-refractivity contribution in [2.45, 2.75) is 62.9 Å². The summed E-state index contributed by atoms with van der Waals surface area (Å²) in [5, 5.41) is 26.3. The average Bonchev–Trinajstić information content (AvgIpc) is 2.83. The first-order valence-electron chi connectivity index (χ1n) is 11.8. The van der Waals surface area contributed by atoms with Crippen LogP contribution in [0.25, 0.3) is 0 Å². The maximum Gasteiger partial charge on any atom is 0.326 e. The second-order valence-corrected chi connectivity index (χ2v) is 8.60. The highest BCUT2D eigenvalue weighted by molar-refractivity contribution is 5.96. The number of guanidine groups is 1. The number of carbonyl (C=O) groups excluding carboxylic acids is 4. The minimum atomic E-state index is -1.62. The van der Waals surface area contributed by atoms with Gasteiger partial charge in [0.1, 0.15) is 18.1 Å². The number of nitrogens with one attached hydrogen (secondary N) is 3. The zero-order chi connectivity index (χ0) is 28.8.